The minimum absolute atomic E-state index is 0.0346. The Morgan fingerprint density at radius 2 is 1.04 bits per heavy atom. The lowest BCUT2D eigenvalue weighted by molar-refractivity contribution is 0.0973. The van der Waals surface area contributed by atoms with Crippen molar-refractivity contribution in [1.29, 1.82) is 0 Å². The van der Waals surface area contributed by atoms with Gasteiger partial charge in [-0.15, -0.1) is 0 Å². The molecular formula is C20H18Br2O2. The lowest BCUT2D eigenvalue weighted by Gasteiger charge is -2.18. The van der Waals surface area contributed by atoms with Gasteiger partial charge < -0.3 is 0 Å². The van der Waals surface area contributed by atoms with Crippen molar-refractivity contribution in [2.75, 3.05) is 0 Å². The minimum atomic E-state index is 0.0346. The van der Waals surface area contributed by atoms with Gasteiger partial charge in [0.2, 0.25) is 0 Å². The Morgan fingerprint density at radius 3 is 1.46 bits per heavy atom. The molecule has 0 saturated carbocycles. The lowest BCUT2D eigenvalue weighted by Crippen LogP contribution is -2.21. The van der Waals surface area contributed by atoms with Crippen LogP contribution < -0.4 is 0 Å². The molecule has 0 bridgehead atoms. The van der Waals surface area contributed by atoms with Gasteiger partial charge in [-0.25, -0.2) is 0 Å². The highest BCUT2D eigenvalue weighted by Crippen LogP contribution is 2.26. The van der Waals surface area contributed by atoms with E-state index in [1.54, 1.807) is 0 Å². The van der Waals surface area contributed by atoms with E-state index in [2.05, 4.69) is 31.9 Å². The molecule has 0 aliphatic heterocycles. The molecule has 0 spiro atoms. The molecule has 0 amide bonds. The van der Waals surface area contributed by atoms with E-state index >= 15 is 0 Å². The Bertz CT molecular complexity index is 704. The summed E-state index contributed by atoms with van der Waals surface area (Å²) in [6.45, 7) is 0. The van der Waals surface area contributed by atoms with Gasteiger partial charge in [0.15, 0.2) is 11.6 Å². The molecule has 2 aliphatic rings. The average molecular weight is 450 g/mol. The molecule has 0 fully saturated rings. The average Bonchev–Trinajstić information content (AvgIpc) is 2.62. The molecule has 2 aliphatic carbocycles. The molecule has 0 radical (unpaired) electrons. The molecule has 0 saturated heterocycles. The second-order valence-electron chi connectivity index (χ2n) is 6.06. The number of carbonyl (C=O) groups is 2. The summed E-state index contributed by atoms with van der Waals surface area (Å²) in [6, 6.07) is 15.7. The molecule has 24 heavy (non-hydrogen) atoms. The Labute approximate surface area is 158 Å². The van der Waals surface area contributed by atoms with Crippen molar-refractivity contribution >= 4 is 43.4 Å². The van der Waals surface area contributed by atoms with Gasteiger partial charge in [0.25, 0.3) is 0 Å². The first-order chi connectivity index (χ1) is 11.6. The topological polar surface area (TPSA) is 34.1 Å². The van der Waals surface area contributed by atoms with Gasteiger partial charge in [0.1, 0.15) is 0 Å². The molecule has 4 heteroatoms. The highest BCUT2D eigenvalue weighted by molar-refractivity contribution is 9.10. The van der Waals surface area contributed by atoms with Crippen LogP contribution >= 0.6 is 31.9 Å². The Kier molecular flexibility index (Phi) is 5.67. The number of ketones is 2. The SMILES string of the molecule is O=C1c2ccccc2CCC1Br.O=C1c2ccccc2CCC1Br. The second-order valence-corrected chi connectivity index (χ2v) is 8.27. The number of carbonyl (C=O) groups excluding carboxylic acids is 2. The number of benzene rings is 2. The van der Waals surface area contributed by atoms with Gasteiger partial charge in [-0.3, -0.25) is 9.59 Å². The van der Waals surface area contributed by atoms with Crippen molar-refractivity contribution < 1.29 is 9.59 Å². The van der Waals surface area contributed by atoms with Gasteiger partial charge in [-0.2, -0.15) is 0 Å². The zero-order valence-corrected chi connectivity index (χ0v) is 16.3. The molecule has 2 unspecified atom stereocenters. The summed E-state index contributed by atoms with van der Waals surface area (Å²) in [4.78, 5) is 23.2. The van der Waals surface area contributed by atoms with Gasteiger partial charge >= 0.3 is 0 Å². The number of Topliss-reactive ketones (excluding diaryl/α,β-unsaturated/α-hetero) is 2. The Morgan fingerprint density at radius 1 is 0.667 bits per heavy atom. The highest BCUT2D eigenvalue weighted by atomic mass is 79.9. The van der Waals surface area contributed by atoms with Crippen LogP contribution in [-0.4, -0.2) is 21.2 Å². The van der Waals surface area contributed by atoms with E-state index in [0.717, 1.165) is 36.8 Å². The van der Waals surface area contributed by atoms with Crippen molar-refractivity contribution in [3.05, 3.63) is 70.8 Å². The van der Waals surface area contributed by atoms with Crippen LogP contribution in [0.15, 0.2) is 48.5 Å². The summed E-state index contributed by atoms with van der Waals surface area (Å²) < 4.78 is 0. The molecule has 2 aromatic carbocycles. The van der Waals surface area contributed by atoms with Gasteiger partial charge in [-0.1, -0.05) is 80.4 Å². The van der Waals surface area contributed by atoms with Crippen LogP contribution in [0.1, 0.15) is 44.7 Å². The molecule has 0 heterocycles. The normalized spacial score (nSPS) is 22.1. The van der Waals surface area contributed by atoms with E-state index < -0.39 is 0 Å². The molecule has 124 valence electrons. The summed E-state index contributed by atoms with van der Waals surface area (Å²) in [5.41, 5.74) is 4.17. The summed E-state index contributed by atoms with van der Waals surface area (Å²) in [5.74, 6) is 0.466. The fraction of sp³-hybridized carbons (Fsp3) is 0.300. The van der Waals surface area contributed by atoms with Crippen molar-refractivity contribution in [2.45, 2.75) is 35.3 Å². The quantitative estimate of drug-likeness (QED) is 0.520. The first-order valence-corrected chi connectivity index (χ1v) is 9.93. The van der Waals surface area contributed by atoms with Gasteiger partial charge in [-0.05, 0) is 36.8 Å². The zero-order valence-electron chi connectivity index (χ0n) is 13.2. The van der Waals surface area contributed by atoms with Crippen molar-refractivity contribution in [3.8, 4) is 0 Å². The lowest BCUT2D eigenvalue weighted by atomic mass is 9.91. The molecule has 2 atom stereocenters. The maximum atomic E-state index is 11.6. The first kappa shape index (κ1) is 17.6. The molecule has 2 nitrogen and oxygen atoms in total. The molecule has 0 aromatic heterocycles. The van der Waals surface area contributed by atoms with Crippen LogP contribution in [-0.2, 0) is 12.8 Å². The van der Waals surface area contributed by atoms with Gasteiger partial charge in [0.05, 0.1) is 9.65 Å². The monoisotopic (exact) mass is 448 g/mol. The van der Waals surface area contributed by atoms with Crippen LogP contribution in [0, 0.1) is 0 Å². The van der Waals surface area contributed by atoms with Crippen molar-refractivity contribution in [1.82, 2.24) is 0 Å². The van der Waals surface area contributed by atoms with Crippen LogP contribution in [0.25, 0.3) is 0 Å². The fourth-order valence-corrected chi connectivity index (χ4v) is 4.07. The second kappa shape index (κ2) is 7.75. The third-order valence-electron chi connectivity index (χ3n) is 4.47. The molecule has 4 rings (SSSR count). The number of hydrogen-bond donors (Lipinski definition) is 0. The summed E-state index contributed by atoms with van der Waals surface area (Å²) in [5, 5.41) is 0. The third-order valence-corrected chi connectivity index (χ3v) is 6.22. The molecule has 2 aromatic rings. The minimum Gasteiger partial charge on any atom is -0.293 e. The zero-order chi connectivity index (χ0) is 17.1. The number of aryl methyl sites for hydroxylation is 2. The van der Waals surface area contributed by atoms with Crippen molar-refractivity contribution in [2.24, 2.45) is 0 Å². The predicted molar refractivity (Wildman–Crippen MR) is 104 cm³/mol. The Balaban J connectivity index is 0.000000141. The predicted octanol–water partition coefficient (Wildman–Crippen LogP) is 5.16. The number of halogens is 2. The standard InChI is InChI=1S/2C10H9BrO/c2*11-9-6-5-7-3-1-2-4-8(7)10(9)12/h2*1-4,9H,5-6H2. The van der Waals surface area contributed by atoms with E-state index in [9.17, 15) is 9.59 Å². The number of rotatable bonds is 0. The maximum absolute atomic E-state index is 11.6. The molecular weight excluding hydrogens is 432 g/mol. The van der Waals surface area contributed by atoms with Crippen molar-refractivity contribution in [3.63, 3.8) is 0 Å². The summed E-state index contributed by atoms with van der Waals surface area (Å²) >= 11 is 6.75. The van der Waals surface area contributed by atoms with E-state index in [1.807, 2.05) is 48.5 Å². The van der Waals surface area contributed by atoms with E-state index in [1.165, 1.54) is 11.1 Å². The van der Waals surface area contributed by atoms with Crippen LogP contribution in [0.3, 0.4) is 0 Å². The smallest absolute Gasteiger partial charge is 0.176 e. The number of fused-ring (bicyclic) bond motifs is 2. The maximum Gasteiger partial charge on any atom is 0.176 e. The first-order valence-electron chi connectivity index (χ1n) is 8.10. The van der Waals surface area contributed by atoms with E-state index in [-0.39, 0.29) is 21.2 Å². The third kappa shape index (κ3) is 3.70. The number of hydrogen-bond acceptors (Lipinski definition) is 2. The van der Waals surface area contributed by atoms with E-state index in [0.29, 0.717) is 0 Å². The Hall–Kier alpha value is -1.26. The number of alkyl halides is 2. The van der Waals surface area contributed by atoms with E-state index in [4.69, 9.17) is 0 Å². The van der Waals surface area contributed by atoms with Crippen LogP contribution in [0.5, 0.6) is 0 Å². The highest BCUT2D eigenvalue weighted by Gasteiger charge is 2.24. The summed E-state index contributed by atoms with van der Waals surface area (Å²) in [7, 11) is 0. The largest absolute Gasteiger partial charge is 0.293 e. The fourth-order valence-electron chi connectivity index (χ4n) is 3.12. The van der Waals surface area contributed by atoms with Crippen LogP contribution in [0.2, 0.25) is 0 Å². The van der Waals surface area contributed by atoms with Crippen LogP contribution in [0.4, 0.5) is 0 Å². The molecule has 0 N–H and O–H groups in total. The van der Waals surface area contributed by atoms with Gasteiger partial charge in [0, 0.05) is 11.1 Å². The summed E-state index contributed by atoms with van der Waals surface area (Å²) in [6.07, 6.45) is 3.88.